The lowest BCUT2D eigenvalue weighted by atomic mass is 10.1. The van der Waals surface area contributed by atoms with Crippen molar-refractivity contribution in [2.45, 2.75) is 25.4 Å². The second kappa shape index (κ2) is 6.33. The van der Waals surface area contributed by atoms with E-state index in [-0.39, 0.29) is 6.10 Å². The summed E-state index contributed by atoms with van der Waals surface area (Å²) in [4.78, 5) is 10.6. The van der Waals surface area contributed by atoms with Crippen molar-refractivity contribution in [3.05, 3.63) is 10.7 Å². The van der Waals surface area contributed by atoms with Gasteiger partial charge in [-0.1, -0.05) is 0 Å². The highest BCUT2D eigenvalue weighted by molar-refractivity contribution is 9.10. The third-order valence-corrected chi connectivity index (χ3v) is 3.53. The van der Waals surface area contributed by atoms with Gasteiger partial charge in [0, 0.05) is 20.2 Å². The molecular formula is C12H18BrN3O2. The standard InChI is InChI=1S/C12H18BrN3O2/c1-16(8-9-5-3-4-6-18-9)12-14-7-10(13)11(15-12)17-2/h7,9H,3-6,8H2,1-2H3. The van der Waals surface area contributed by atoms with Crippen LogP contribution < -0.4 is 9.64 Å². The van der Waals surface area contributed by atoms with Crippen LogP contribution in [0.15, 0.2) is 10.7 Å². The molecular weight excluding hydrogens is 298 g/mol. The Labute approximate surface area is 116 Å². The van der Waals surface area contributed by atoms with E-state index in [4.69, 9.17) is 9.47 Å². The molecule has 0 aliphatic carbocycles. The van der Waals surface area contributed by atoms with E-state index in [0.717, 1.165) is 24.0 Å². The first-order valence-corrected chi connectivity index (χ1v) is 6.89. The largest absolute Gasteiger partial charge is 0.480 e. The second-order valence-corrected chi connectivity index (χ2v) is 5.25. The Morgan fingerprint density at radius 3 is 3.06 bits per heavy atom. The van der Waals surface area contributed by atoms with Gasteiger partial charge in [0.2, 0.25) is 11.8 Å². The van der Waals surface area contributed by atoms with Crippen molar-refractivity contribution in [1.82, 2.24) is 9.97 Å². The zero-order valence-corrected chi connectivity index (χ0v) is 12.3. The molecule has 2 heterocycles. The van der Waals surface area contributed by atoms with Crippen LogP contribution in [0, 0.1) is 0 Å². The summed E-state index contributed by atoms with van der Waals surface area (Å²) >= 11 is 3.35. The van der Waals surface area contributed by atoms with E-state index in [1.165, 1.54) is 12.8 Å². The molecule has 0 aromatic carbocycles. The molecule has 1 aliphatic rings. The normalized spacial score (nSPS) is 19.6. The summed E-state index contributed by atoms with van der Waals surface area (Å²) in [6.07, 6.45) is 5.51. The van der Waals surface area contributed by atoms with Crippen molar-refractivity contribution in [2.75, 3.05) is 32.2 Å². The quantitative estimate of drug-likeness (QED) is 0.853. The maximum absolute atomic E-state index is 5.71. The maximum atomic E-state index is 5.71. The molecule has 0 bridgehead atoms. The molecule has 18 heavy (non-hydrogen) atoms. The van der Waals surface area contributed by atoms with Crippen LogP contribution in [0.4, 0.5) is 5.95 Å². The molecule has 1 aromatic rings. The van der Waals surface area contributed by atoms with Gasteiger partial charge in [0.15, 0.2) is 0 Å². The number of ether oxygens (including phenoxy) is 2. The molecule has 2 rings (SSSR count). The van der Waals surface area contributed by atoms with E-state index in [2.05, 4.69) is 25.9 Å². The minimum absolute atomic E-state index is 0.280. The third-order valence-electron chi connectivity index (χ3n) is 2.99. The van der Waals surface area contributed by atoms with Crippen LogP contribution in [0.5, 0.6) is 5.88 Å². The number of likely N-dealkylation sites (N-methyl/N-ethyl adjacent to an activating group) is 1. The summed E-state index contributed by atoms with van der Waals surface area (Å²) < 4.78 is 11.6. The summed E-state index contributed by atoms with van der Waals surface area (Å²) in [7, 11) is 3.57. The van der Waals surface area contributed by atoms with Crippen molar-refractivity contribution in [3.8, 4) is 5.88 Å². The number of hydrogen-bond donors (Lipinski definition) is 0. The molecule has 0 amide bonds. The molecule has 1 fully saturated rings. The zero-order valence-electron chi connectivity index (χ0n) is 10.7. The number of halogens is 1. The highest BCUT2D eigenvalue weighted by atomic mass is 79.9. The van der Waals surface area contributed by atoms with Gasteiger partial charge < -0.3 is 14.4 Å². The minimum Gasteiger partial charge on any atom is -0.480 e. The number of rotatable bonds is 4. The number of aromatic nitrogens is 2. The zero-order chi connectivity index (χ0) is 13.0. The van der Waals surface area contributed by atoms with Gasteiger partial charge in [-0.3, -0.25) is 0 Å². The maximum Gasteiger partial charge on any atom is 0.232 e. The van der Waals surface area contributed by atoms with E-state index in [9.17, 15) is 0 Å². The van der Waals surface area contributed by atoms with Gasteiger partial charge in [0.05, 0.1) is 23.9 Å². The Balaban J connectivity index is 2.01. The highest BCUT2D eigenvalue weighted by Crippen LogP contribution is 2.23. The summed E-state index contributed by atoms with van der Waals surface area (Å²) in [5.74, 6) is 1.21. The Bertz CT molecular complexity index is 397. The van der Waals surface area contributed by atoms with E-state index >= 15 is 0 Å². The first kappa shape index (κ1) is 13.5. The van der Waals surface area contributed by atoms with Crippen LogP contribution in [0.3, 0.4) is 0 Å². The monoisotopic (exact) mass is 315 g/mol. The molecule has 1 unspecified atom stereocenters. The van der Waals surface area contributed by atoms with Gasteiger partial charge in [-0.2, -0.15) is 4.98 Å². The Kier molecular flexibility index (Phi) is 4.77. The number of anilines is 1. The minimum atomic E-state index is 0.280. The molecule has 5 nitrogen and oxygen atoms in total. The average Bonchev–Trinajstić information content (AvgIpc) is 2.40. The van der Waals surface area contributed by atoms with E-state index in [1.807, 2.05) is 11.9 Å². The molecule has 1 saturated heterocycles. The molecule has 1 aliphatic heterocycles. The van der Waals surface area contributed by atoms with Gasteiger partial charge in [-0.15, -0.1) is 0 Å². The number of methoxy groups -OCH3 is 1. The molecule has 0 spiro atoms. The molecule has 0 saturated carbocycles. The Morgan fingerprint density at radius 2 is 2.39 bits per heavy atom. The van der Waals surface area contributed by atoms with E-state index < -0.39 is 0 Å². The van der Waals surface area contributed by atoms with Crippen LogP contribution >= 0.6 is 15.9 Å². The number of nitrogens with zero attached hydrogens (tertiary/aromatic N) is 3. The van der Waals surface area contributed by atoms with Gasteiger partial charge in [0.25, 0.3) is 0 Å². The van der Waals surface area contributed by atoms with Crippen molar-refractivity contribution in [3.63, 3.8) is 0 Å². The van der Waals surface area contributed by atoms with Crippen molar-refractivity contribution in [2.24, 2.45) is 0 Å². The average molecular weight is 316 g/mol. The van der Waals surface area contributed by atoms with Gasteiger partial charge in [-0.05, 0) is 35.2 Å². The number of hydrogen-bond acceptors (Lipinski definition) is 5. The predicted octanol–water partition coefficient (Wildman–Crippen LogP) is 2.25. The van der Waals surface area contributed by atoms with Gasteiger partial charge in [0.1, 0.15) is 0 Å². The van der Waals surface area contributed by atoms with Crippen molar-refractivity contribution in [1.29, 1.82) is 0 Å². The van der Waals surface area contributed by atoms with Crippen LogP contribution in [0.2, 0.25) is 0 Å². The molecule has 6 heteroatoms. The summed E-state index contributed by atoms with van der Waals surface area (Å²) in [6.45, 7) is 1.67. The third kappa shape index (κ3) is 3.32. The lowest BCUT2D eigenvalue weighted by molar-refractivity contribution is 0.0214. The molecule has 1 atom stereocenters. The molecule has 0 N–H and O–H groups in total. The fourth-order valence-corrected chi connectivity index (χ4v) is 2.36. The molecule has 1 aromatic heterocycles. The van der Waals surface area contributed by atoms with Crippen LogP contribution in [0.1, 0.15) is 19.3 Å². The summed E-state index contributed by atoms with van der Waals surface area (Å²) in [5, 5.41) is 0. The van der Waals surface area contributed by atoms with Crippen LogP contribution in [-0.2, 0) is 4.74 Å². The fourth-order valence-electron chi connectivity index (χ4n) is 2.01. The fraction of sp³-hybridized carbons (Fsp3) is 0.667. The van der Waals surface area contributed by atoms with Gasteiger partial charge >= 0.3 is 0 Å². The lowest BCUT2D eigenvalue weighted by Crippen LogP contribution is -2.34. The predicted molar refractivity (Wildman–Crippen MR) is 73.1 cm³/mol. The second-order valence-electron chi connectivity index (χ2n) is 4.40. The van der Waals surface area contributed by atoms with E-state index in [0.29, 0.717) is 11.8 Å². The topological polar surface area (TPSA) is 47.5 Å². The first-order chi connectivity index (χ1) is 8.70. The van der Waals surface area contributed by atoms with Crippen molar-refractivity contribution < 1.29 is 9.47 Å². The smallest absolute Gasteiger partial charge is 0.232 e. The summed E-state index contributed by atoms with van der Waals surface area (Å²) in [5.41, 5.74) is 0. The van der Waals surface area contributed by atoms with Crippen molar-refractivity contribution >= 4 is 21.9 Å². The Morgan fingerprint density at radius 1 is 1.56 bits per heavy atom. The van der Waals surface area contributed by atoms with Crippen LogP contribution in [-0.4, -0.2) is 43.4 Å². The SMILES string of the molecule is COc1nc(N(C)CC2CCCCO2)ncc1Br. The first-order valence-electron chi connectivity index (χ1n) is 6.10. The highest BCUT2D eigenvalue weighted by Gasteiger charge is 2.18. The van der Waals surface area contributed by atoms with Crippen LogP contribution in [0.25, 0.3) is 0 Å². The lowest BCUT2D eigenvalue weighted by Gasteiger charge is -2.27. The molecule has 100 valence electrons. The van der Waals surface area contributed by atoms with Gasteiger partial charge in [-0.25, -0.2) is 4.98 Å². The Hall–Kier alpha value is -0.880. The van der Waals surface area contributed by atoms with E-state index in [1.54, 1.807) is 13.3 Å². The summed E-state index contributed by atoms with van der Waals surface area (Å²) in [6, 6.07) is 0. The molecule has 0 radical (unpaired) electrons.